The molecular formula is C121H103BrF4N8O16. The van der Waals surface area contributed by atoms with Crippen LogP contribution in [0.1, 0.15) is 83.6 Å². The lowest BCUT2D eigenvalue weighted by atomic mass is 10.1. The van der Waals surface area contributed by atoms with Gasteiger partial charge in [-0.3, -0.25) is 70.3 Å². The standard InChI is InChI=1S/C19H15BrF3NO2.C18H14FNO2.2C18H15NO2.4C12H11NO2/c1-2-18(25)24-7-6-15-16(24)4-3-5-17(15)26-11-12-8-13(19(21,22)23)10-14(20)9-12;1-2-18(21)20-9-8-14-11-16(6-7-17(14)20)22-12-13-4-3-5-15(19)10-13;1-2-18(20)19-12-11-15-16(19)9-6-10-17(15)21-13-14-7-4-3-5-8-14;1-2-18(20)19-11-10-15-12-16(8-9-17(15)19)21-13-14-6-4-3-5-7-14;1-3-12(14)13-8-7-9-10(13)5-4-6-11(9)15-2;1-2-12(15)13-6-5-10-7-9(8-14)3-4-11(10)13;1-2-12(15)13-6-5-10-4-3-9(8-14)7-11(10)13;1-2-11(15)13-7-6-9-4-3-5-10(8-14)12(9)13/h2-5,8-10H,1,6-7,11H2;2-11H,1,12H2;2*2-12H,1,13H2;3-8H,1H2,2H3;3*2-7,14H,1,8H2. The van der Waals surface area contributed by atoms with E-state index < -0.39 is 11.7 Å². The zero-order valence-corrected chi connectivity index (χ0v) is 83.1. The molecule has 3 N–H and O–H groups in total. The third-order valence-corrected chi connectivity index (χ3v) is 24.0. The van der Waals surface area contributed by atoms with Crippen molar-refractivity contribution in [3.8, 4) is 28.7 Å². The first-order valence-corrected chi connectivity index (χ1v) is 47.4. The van der Waals surface area contributed by atoms with Crippen LogP contribution in [0.15, 0.2) is 440 Å². The molecule has 12 aromatic carbocycles. The van der Waals surface area contributed by atoms with Crippen molar-refractivity contribution in [1.82, 2.24) is 32.0 Å². The molecule has 1 aliphatic heterocycles. The van der Waals surface area contributed by atoms with Crippen LogP contribution >= 0.6 is 15.9 Å². The van der Waals surface area contributed by atoms with Crippen LogP contribution in [0, 0.1) is 5.82 Å². The molecule has 150 heavy (non-hydrogen) atoms. The summed E-state index contributed by atoms with van der Waals surface area (Å²) in [6, 6.07) is 87.3. The summed E-state index contributed by atoms with van der Waals surface area (Å²) in [6.45, 7) is 29.6. The van der Waals surface area contributed by atoms with Gasteiger partial charge in [0.05, 0.1) is 76.8 Å². The third-order valence-electron chi connectivity index (χ3n) is 23.5. The summed E-state index contributed by atoms with van der Waals surface area (Å²) >= 11 is 3.10. The Hall–Kier alpha value is -18.4. The largest absolute Gasteiger partial charge is 0.496 e. The summed E-state index contributed by atoms with van der Waals surface area (Å²) < 4.78 is 91.3. The van der Waals surface area contributed by atoms with E-state index in [9.17, 15) is 61.0 Å². The van der Waals surface area contributed by atoms with Gasteiger partial charge in [0, 0.05) is 103 Å². The van der Waals surface area contributed by atoms with Crippen LogP contribution in [0.3, 0.4) is 0 Å². The van der Waals surface area contributed by atoms with Crippen molar-refractivity contribution >= 4 is 145 Å². The van der Waals surface area contributed by atoms with Gasteiger partial charge in [-0.05, 0) is 252 Å². The van der Waals surface area contributed by atoms with Crippen LogP contribution in [0.4, 0.5) is 23.2 Å². The molecule has 0 fully saturated rings. The number of nitrogens with zero attached hydrogens (tertiary/aromatic N) is 8. The number of aromatic nitrogens is 7. The highest BCUT2D eigenvalue weighted by Crippen LogP contribution is 2.39. The first kappa shape index (κ1) is 109. The van der Waals surface area contributed by atoms with Gasteiger partial charge in [0.2, 0.25) is 5.91 Å². The number of anilines is 1. The van der Waals surface area contributed by atoms with E-state index in [0.29, 0.717) is 47.7 Å². The highest BCUT2D eigenvalue weighted by atomic mass is 79.9. The van der Waals surface area contributed by atoms with E-state index in [4.69, 9.17) is 33.9 Å². The van der Waals surface area contributed by atoms with Gasteiger partial charge in [0.25, 0.3) is 41.4 Å². The third kappa shape index (κ3) is 27.0. The lowest BCUT2D eigenvalue weighted by Crippen LogP contribution is -2.26. The predicted molar refractivity (Wildman–Crippen MR) is 582 cm³/mol. The molecule has 0 saturated heterocycles. The van der Waals surface area contributed by atoms with Crippen molar-refractivity contribution in [3.63, 3.8) is 0 Å². The number of para-hydroxylation sites is 1. The molecule has 19 aromatic rings. The Morgan fingerprint density at radius 2 is 0.740 bits per heavy atom. The van der Waals surface area contributed by atoms with E-state index in [1.165, 1.54) is 79.0 Å². The second-order valence-electron chi connectivity index (χ2n) is 33.0. The van der Waals surface area contributed by atoms with E-state index in [1.807, 2.05) is 212 Å². The monoisotopic (exact) mass is 2080 g/mol. The fraction of sp³-hybridized carbons (Fsp3) is 0.0909. The maximum atomic E-state index is 13.1. The normalized spacial score (nSPS) is 11.0. The molecule has 20 rings (SSSR count). The van der Waals surface area contributed by atoms with E-state index >= 15 is 0 Å². The fourth-order valence-electron chi connectivity index (χ4n) is 16.2. The average Bonchev–Trinajstić information content (AvgIpc) is 1.68. The lowest BCUT2D eigenvalue weighted by molar-refractivity contribution is -0.137. The van der Waals surface area contributed by atoms with E-state index in [1.54, 1.807) is 124 Å². The Morgan fingerprint density at radius 3 is 1.25 bits per heavy atom. The van der Waals surface area contributed by atoms with Crippen LogP contribution in [-0.4, -0.2) is 108 Å². The molecule has 0 unspecified atom stereocenters. The molecule has 0 saturated carbocycles. The average molecular weight is 2080 g/mol. The SMILES string of the molecule is C=CC(=O)N1CCc2c(OCc3cc(Br)cc(C(F)(F)F)c3)cccc21.C=CC(=O)n1ccc2c(OC)cccc21.C=CC(=O)n1ccc2c(OCc3ccccc3)cccc21.C=CC(=O)n1ccc2cc(CO)ccc21.C=CC(=O)n1ccc2cc(OCc3cccc(F)c3)ccc21.C=CC(=O)n1ccc2cc(OCc3ccccc3)ccc21.C=CC(=O)n1ccc2ccc(CO)cc21.C=CC(=O)n1ccc2cccc(CO)c21. The van der Waals surface area contributed by atoms with Crippen molar-refractivity contribution < 1.29 is 94.9 Å². The molecule has 8 heterocycles. The number of hydrogen-bond donors (Lipinski definition) is 3. The van der Waals surface area contributed by atoms with Gasteiger partial charge >= 0.3 is 6.18 Å². The molecular weight excluding hydrogens is 1980 g/mol. The van der Waals surface area contributed by atoms with Gasteiger partial charge in [-0.15, -0.1) is 0 Å². The van der Waals surface area contributed by atoms with E-state index in [-0.39, 0.29) is 86.1 Å². The molecule has 0 radical (unpaired) electrons. The Labute approximate surface area is 869 Å². The summed E-state index contributed by atoms with van der Waals surface area (Å²) in [6.07, 6.45) is 18.4. The molecule has 1 aliphatic rings. The molecule has 24 nitrogen and oxygen atoms in total. The van der Waals surface area contributed by atoms with Gasteiger partial charge in [-0.1, -0.05) is 196 Å². The van der Waals surface area contributed by atoms with Gasteiger partial charge < -0.3 is 43.9 Å². The fourth-order valence-corrected chi connectivity index (χ4v) is 16.7. The number of allylic oxidation sites excluding steroid dienone is 7. The van der Waals surface area contributed by atoms with Crippen LogP contribution in [0.25, 0.3) is 76.3 Å². The summed E-state index contributed by atoms with van der Waals surface area (Å²) in [5.74, 6) is 1.98. The van der Waals surface area contributed by atoms with Crippen LogP contribution in [-0.2, 0) is 63.6 Å². The highest BCUT2D eigenvalue weighted by Gasteiger charge is 2.32. The highest BCUT2D eigenvalue weighted by molar-refractivity contribution is 9.10. The first-order valence-electron chi connectivity index (χ1n) is 46.6. The van der Waals surface area contributed by atoms with Crippen molar-refractivity contribution in [3.05, 3.63) is 496 Å². The molecule has 758 valence electrons. The summed E-state index contributed by atoms with van der Waals surface area (Å²) in [7, 11) is 1.61. The van der Waals surface area contributed by atoms with Gasteiger partial charge in [-0.2, -0.15) is 13.2 Å². The summed E-state index contributed by atoms with van der Waals surface area (Å²) in [5.41, 5.74) is 12.3. The molecule has 1 amide bonds. The predicted octanol–water partition coefficient (Wildman–Crippen LogP) is 25.8. The Balaban J connectivity index is 0.000000144. The number of aliphatic hydroxyl groups excluding tert-OH is 3. The second-order valence-corrected chi connectivity index (χ2v) is 34.0. The smallest absolute Gasteiger partial charge is 0.416 e. The molecule has 0 atom stereocenters. The number of fused-ring (bicyclic) bond motifs is 8. The van der Waals surface area contributed by atoms with Crippen LogP contribution in [0.5, 0.6) is 28.7 Å². The number of hydrogen-bond acceptors (Lipinski definition) is 16. The van der Waals surface area contributed by atoms with Crippen molar-refractivity contribution in [1.29, 1.82) is 0 Å². The van der Waals surface area contributed by atoms with Crippen LogP contribution < -0.4 is 28.6 Å². The minimum absolute atomic E-state index is 0.00558. The van der Waals surface area contributed by atoms with Gasteiger partial charge in [-0.25, -0.2) is 4.39 Å². The first-order chi connectivity index (χ1) is 72.6. The number of carbonyl (C=O) groups is 8. The number of alkyl halides is 3. The maximum absolute atomic E-state index is 13.1. The Kier molecular flexibility index (Phi) is 37.6. The molecule has 7 aromatic heterocycles. The summed E-state index contributed by atoms with van der Waals surface area (Å²) in [4.78, 5) is 94.6. The van der Waals surface area contributed by atoms with Crippen molar-refractivity contribution in [2.24, 2.45) is 0 Å². The Bertz CT molecular complexity index is 8220. The van der Waals surface area contributed by atoms with Crippen molar-refractivity contribution in [2.45, 2.75) is 58.8 Å². The second kappa shape index (κ2) is 51.9. The summed E-state index contributed by atoms with van der Waals surface area (Å²) in [5, 5.41) is 33.7. The zero-order valence-electron chi connectivity index (χ0n) is 81.5. The quantitative estimate of drug-likeness (QED) is 0.0374. The van der Waals surface area contributed by atoms with Gasteiger partial charge in [0.15, 0.2) is 0 Å². The minimum Gasteiger partial charge on any atom is -0.496 e. The number of rotatable bonds is 24. The molecule has 0 bridgehead atoms. The topological polar surface area (TPSA) is 281 Å². The minimum atomic E-state index is -4.42. The number of methoxy groups -OCH3 is 1. The lowest BCUT2D eigenvalue weighted by Gasteiger charge is -2.16. The molecule has 0 spiro atoms. The van der Waals surface area contributed by atoms with Gasteiger partial charge in [0.1, 0.15) is 61.0 Å². The zero-order chi connectivity index (χ0) is 107. The number of aliphatic hydroxyl groups is 3. The number of halogens is 5. The maximum Gasteiger partial charge on any atom is 0.416 e. The van der Waals surface area contributed by atoms with E-state index in [0.717, 1.165) is 150 Å². The number of amides is 1. The molecule has 0 aliphatic carbocycles. The molecule has 29 heteroatoms. The number of carbonyl (C=O) groups excluding carboxylic acids is 8. The Morgan fingerprint density at radius 1 is 0.333 bits per heavy atom. The number of benzene rings is 12. The van der Waals surface area contributed by atoms with Crippen molar-refractivity contribution in [2.75, 3.05) is 18.6 Å². The van der Waals surface area contributed by atoms with Crippen LogP contribution in [0.2, 0.25) is 0 Å². The van der Waals surface area contributed by atoms with E-state index in [2.05, 4.69) is 68.6 Å². The number of ether oxygens (including phenoxy) is 5.